The third-order valence-electron chi connectivity index (χ3n) is 3.41. The standard InChI is InChI=1S/C19H21NO3/c1-4-11-23-18-10-9-16(14(3)21)12-17(18)20-19(22)15-7-5-13(2)6-8-15/h5-10,12H,4,11H2,1-3H3,(H,20,22). The van der Waals surface area contributed by atoms with Gasteiger partial charge in [-0.25, -0.2) is 0 Å². The Morgan fingerprint density at radius 2 is 1.70 bits per heavy atom. The number of nitrogens with one attached hydrogen (secondary N) is 1. The lowest BCUT2D eigenvalue weighted by Crippen LogP contribution is -2.13. The molecule has 2 aromatic carbocycles. The molecule has 0 saturated heterocycles. The van der Waals surface area contributed by atoms with Crippen LogP contribution >= 0.6 is 0 Å². The minimum absolute atomic E-state index is 0.0575. The molecule has 0 bridgehead atoms. The maximum absolute atomic E-state index is 12.4. The number of ketones is 1. The molecule has 0 heterocycles. The summed E-state index contributed by atoms with van der Waals surface area (Å²) in [6, 6.07) is 12.4. The van der Waals surface area contributed by atoms with Gasteiger partial charge in [0, 0.05) is 11.1 Å². The van der Waals surface area contributed by atoms with Crippen LogP contribution in [-0.4, -0.2) is 18.3 Å². The smallest absolute Gasteiger partial charge is 0.255 e. The number of amides is 1. The summed E-state index contributed by atoms with van der Waals surface area (Å²) in [5, 5.41) is 2.83. The topological polar surface area (TPSA) is 55.4 Å². The van der Waals surface area contributed by atoms with E-state index in [0.717, 1.165) is 12.0 Å². The highest BCUT2D eigenvalue weighted by Gasteiger charge is 2.12. The molecule has 120 valence electrons. The van der Waals surface area contributed by atoms with Crippen molar-refractivity contribution in [3.05, 3.63) is 59.2 Å². The SMILES string of the molecule is CCCOc1ccc(C(C)=O)cc1NC(=O)c1ccc(C)cc1. The van der Waals surface area contributed by atoms with Crippen molar-refractivity contribution in [1.29, 1.82) is 0 Å². The lowest BCUT2D eigenvalue weighted by molar-refractivity contribution is 0.101. The molecule has 0 unspecified atom stereocenters. The van der Waals surface area contributed by atoms with Crippen LogP contribution in [0.1, 0.15) is 46.5 Å². The molecule has 4 heteroatoms. The van der Waals surface area contributed by atoms with E-state index in [4.69, 9.17) is 4.74 Å². The summed E-state index contributed by atoms with van der Waals surface area (Å²) in [5.41, 5.74) is 2.70. The molecule has 0 radical (unpaired) electrons. The van der Waals surface area contributed by atoms with E-state index in [2.05, 4.69) is 5.32 Å². The van der Waals surface area contributed by atoms with Crippen LogP contribution in [0.15, 0.2) is 42.5 Å². The summed E-state index contributed by atoms with van der Waals surface area (Å²) in [5.74, 6) is 0.280. The average molecular weight is 311 g/mol. The van der Waals surface area contributed by atoms with Crippen molar-refractivity contribution in [3.63, 3.8) is 0 Å². The van der Waals surface area contributed by atoms with Gasteiger partial charge in [-0.3, -0.25) is 9.59 Å². The summed E-state index contributed by atoms with van der Waals surface area (Å²) in [6.45, 7) is 6.02. The van der Waals surface area contributed by atoms with Crippen LogP contribution in [0.5, 0.6) is 5.75 Å². The molecular weight excluding hydrogens is 290 g/mol. The minimum Gasteiger partial charge on any atom is -0.491 e. The molecule has 2 rings (SSSR count). The predicted molar refractivity (Wildman–Crippen MR) is 91.4 cm³/mol. The van der Waals surface area contributed by atoms with Crippen LogP contribution in [0.4, 0.5) is 5.69 Å². The molecule has 0 saturated carbocycles. The fraction of sp³-hybridized carbons (Fsp3) is 0.263. The summed E-state index contributed by atoms with van der Waals surface area (Å²) in [4.78, 5) is 23.9. The minimum atomic E-state index is -0.230. The fourth-order valence-corrected chi connectivity index (χ4v) is 2.08. The van der Waals surface area contributed by atoms with Gasteiger partial charge in [0.05, 0.1) is 12.3 Å². The van der Waals surface area contributed by atoms with E-state index in [-0.39, 0.29) is 11.7 Å². The van der Waals surface area contributed by atoms with Crippen molar-refractivity contribution in [1.82, 2.24) is 0 Å². The van der Waals surface area contributed by atoms with Crippen LogP contribution in [-0.2, 0) is 0 Å². The van der Waals surface area contributed by atoms with Gasteiger partial charge in [-0.2, -0.15) is 0 Å². The molecule has 0 aromatic heterocycles. The normalized spacial score (nSPS) is 10.2. The van der Waals surface area contributed by atoms with Gasteiger partial charge < -0.3 is 10.1 Å². The molecule has 23 heavy (non-hydrogen) atoms. The van der Waals surface area contributed by atoms with E-state index in [1.807, 2.05) is 26.0 Å². The number of benzene rings is 2. The second-order valence-corrected chi connectivity index (χ2v) is 5.44. The Morgan fingerprint density at radius 3 is 2.30 bits per heavy atom. The van der Waals surface area contributed by atoms with Crippen LogP contribution in [0.2, 0.25) is 0 Å². The number of hydrogen-bond acceptors (Lipinski definition) is 3. The van der Waals surface area contributed by atoms with Gasteiger partial charge >= 0.3 is 0 Å². The Labute approximate surface area is 136 Å². The molecule has 2 aromatic rings. The molecule has 4 nitrogen and oxygen atoms in total. The van der Waals surface area contributed by atoms with Crippen LogP contribution in [0.3, 0.4) is 0 Å². The molecular formula is C19H21NO3. The van der Waals surface area contributed by atoms with Gasteiger partial charge in [0.25, 0.3) is 5.91 Å². The highest BCUT2D eigenvalue weighted by Crippen LogP contribution is 2.27. The number of carbonyl (C=O) groups is 2. The number of hydrogen-bond donors (Lipinski definition) is 1. The number of Topliss-reactive ketones (excluding diaryl/α,β-unsaturated/α-hetero) is 1. The maximum atomic E-state index is 12.4. The number of rotatable bonds is 6. The van der Waals surface area contributed by atoms with Crippen molar-refractivity contribution in [2.75, 3.05) is 11.9 Å². The average Bonchev–Trinajstić information content (AvgIpc) is 2.54. The highest BCUT2D eigenvalue weighted by molar-refractivity contribution is 6.06. The van der Waals surface area contributed by atoms with Gasteiger partial charge in [0.1, 0.15) is 5.75 Å². The van der Waals surface area contributed by atoms with E-state index in [0.29, 0.717) is 29.2 Å². The van der Waals surface area contributed by atoms with E-state index in [9.17, 15) is 9.59 Å². The molecule has 0 fully saturated rings. The summed E-state index contributed by atoms with van der Waals surface area (Å²) in [6.07, 6.45) is 0.861. The number of carbonyl (C=O) groups excluding carboxylic acids is 2. The van der Waals surface area contributed by atoms with Gasteiger partial charge in [-0.15, -0.1) is 0 Å². The van der Waals surface area contributed by atoms with Crippen molar-refractivity contribution in [3.8, 4) is 5.75 Å². The van der Waals surface area contributed by atoms with E-state index >= 15 is 0 Å². The van der Waals surface area contributed by atoms with E-state index in [1.165, 1.54) is 6.92 Å². The van der Waals surface area contributed by atoms with Gasteiger partial charge in [0.2, 0.25) is 0 Å². The Hall–Kier alpha value is -2.62. The second kappa shape index (κ2) is 7.58. The summed E-state index contributed by atoms with van der Waals surface area (Å²) in [7, 11) is 0. The Balaban J connectivity index is 2.27. The molecule has 0 aliphatic carbocycles. The molecule has 1 N–H and O–H groups in total. The zero-order chi connectivity index (χ0) is 16.8. The quantitative estimate of drug-likeness (QED) is 0.812. The third kappa shape index (κ3) is 4.42. The Bertz CT molecular complexity index is 705. The van der Waals surface area contributed by atoms with Crippen molar-refractivity contribution >= 4 is 17.4 Å². The van der Waals surface area contributed by atoms with Crippen LogP contribution < -0.4 is 10.1 Å². The summed E-state index contributed by atoms with van der Waals surface area (Å²) < 4.78 is 5.65. The Kier molecular flexibility index (Phi) is 5.52. The number of ether oxygens (including phenoxy) is 1. The monoisotopic (exact) mass is 311 g/mol. The largest absolute Gasteiger partial charge is 0.491 e. The highest BCUT2D eigenvalue weighted by atomic mass is 16.5. The zero-order valence-corrected chi connectivity index (χ0v) is 13.7. The first kappa shape index (κ1) is 16.7. The van der Waals surface area contributed by atoms with Gasteiger partial charge in [0.15, 0.2) is 5.78 Å². The first-order chi connectivity index (χ1) is 11.0. The molecule has 0 aliphatic heterocycles. The van der Waals surface area contributed by atoms with Crippen molar-refractivity contribution < 1.29 is 14.3 Å². The molecule has 0 spiro atoms. The lowest BCUT2D eigenvalue weighted by Gasteiger charge is -2.13. The molecule has 0 aliphatic rings. The predicted octanol–water partition coefficient (Wildman–Crippen LogP) is 4.24. The molecule has 0 atom stereocenters. The Morgan fingerprint density at radius 1 is 1.04 bits per heavy atom. The number of aryl methyl sites for hydroxylation is 1. The zero-order valence-electron chi connectivity index (χ0n) is 13.7. The molecule has 1 amide bonds. The van der Waals surface area contributed by atoms with Crippen molar-refractivity contribution in [2.45, 2.75) is 27.2 Å². The maximum Gasteiger partial charge on any atom is 0.255 e. The van der Waals surface area contributed by atoms with Gasteiger partial charge in [-0.1, -0.05) is 24.6 Å². The third-order valence-corrected chi connectivity index (χ3v) is 3.41. The first-order valence-electron chi connectivity index (χ1n) is 7.67. The van der Waals surface area contributed by atoms with Crippen molar-refractivity contribution in [2.24, 2.45) is 0 Å². The lowest BCUT2D eigenvalue weighted by atomic mass is 10.1. The number of anilines is 1. The summed E-state index contributed by atoms with van der Waals surface area (Å²) >= 11 is 0. The second-order valence-electron chi connectivity index (χ2n) is 5.44. The fourth-order valence-electron chi connectivity index (χ4n) is 2.08. The van der Waals surface area contributed by atoms with Gasteiger partial charge in [-0.05, 0) is 50.6 Å². The van der Waals surface area contributed by atoms with E-state index in [1.54, 1.807) is 30.3 Å². The van der Waals surface area contributed by atoms with Crippen LogP contribution in [0, 0.1) is 6.92 Å². The van der Waals surface area contributed by atoms with E-state index < -0.39 is 0 Å². The first-order valence-corrected chi connectivity index (χ1v) is 7.67. The van der Waals surface area contributed by atoms with Crippen LogP contribution in [0.25, 0.3) is 0 Å².